The van der Waals surface area contributed by atoms with Gasteiger partial charge in [0, 0.05) is 61.7 Å². The highest BCUT2D eigenvalue weighted by Crippen LogP contribution is 2.66. The molecular formula is C32H46N4O2. The summed E-state index contributed by atoms with van der Waals surface area (Å²) in [7, 11) is 3.82. The molecule has 3 N–H and O–H groups in total. The van der Waals surface area contributed by atoms with Gasteiger partial charge in [-0.25, -0.2) is 0 Å². The second kappa shape index (κ2) is 12.7. The van der Waals surface area contributed by atoms with Gasteiger partial charge < -0.3 is 25.5 Å². The first-order chi connectivity index (χ1) is 18.0. The molecule has 1 saturated heterocycles. The number of ketones is 1. The van der Waals surface area contributed by atoms with Gasteiger partial charge in [-0.2, -0.15) is 0 Å². The Labute approximate surface area is 229 Å². The predicted octanol–water partition coefficient (Wildman–Crippen LogP) is 5.31. The lowest BCUT2D eigenvalue weighted by molar-refractivity contribution is -0.147. The molecule has 1 aromatic rings. The van der Waals surface area contributed by atoms with Crippen LogP contribution in [0.2, 0.25) is 0 Å². The number of carbonyl (C=O) groups is 1. The summed E-state index contributed by atoms with van der Waals surface area (Å²) in [6.07, 6.45) is 9.38. The molecule has 1 aromatic carbocycles. The van der Waals surface area contributed by atoms with E-state index in [4.69, 9.17) is 0 Å². The van der Waals surface area contributed by atoms with Crippen LogP contribution in [0.1, 0.15) is 32.8 Å². The molecule has 6 heteroatoms. The van der Waals surface area contributed by atoms with Crippen molar-refractivity contribution in [3.8, 4) is 5.75 Å². The van der Waals surface area contributed by atoms with Crippen LogP contribution in [0.5, 0.6) is 5.75 Å². The van der Waals surface area contributed by atoms with Gasteiger partial charge >= 0.3 is 0 Å². The summed E-state index contributed by atoms with van der Waals surface area (Å²) in [4.78, 5) is 17.5. The van der Waals surface area contributed by atoms with Crippen molar-refractivity contribution in [2.45, 2.75) is 39.3 Å². The molecular weight excluding hydrogens is 472 g/mol. The fourth-order valence-corrected chi connectivity index (χ4v) is 6.19. The number of phenolic OH excluding ortho intramolecular Hbond substituents is 1. The van der Waals surface area contributed by atoms with Crippen LogP contribution in [0.3, 0.4) is 0 Å². The lowest BCUT2D eigenvalue weighted by Gasteiger charge is -2.71. The number of hydrogen-bond acceptors (Lipinski definition) is 6. The van der Waals surface area contributed by atoms with Crippen molar-refractivity contribution in [1.82, 2.24) is 20.4 Å². The first-order valence-corrected chi connectivity index (χ1v) is 13.1. The zero-order valence-electron chi connectivity index (χ0n) is 23.8. The molecule has 1 heterocycles. The molecule has 2 fully saturated rings. The Morgan fingerprint density at radius 3 is 1.76 bits per heavy atom. The monoisotopic (exact) mass is 518 g/mol. The van der Waals surface area contributed by atoms with Crippen LogP contribution in [-0.2, 0) is 4.79 Å². The fraction of sp³-hybridized carbons (Fsp3) is 0.406. The number of nitrogens with one attached hydrogen (secondary N) is 2. The number of fused-ring (bicyclic) bond motifs is 1. The fourth-order valence-electron chi connectivity index (χ4n) is 6.19. The number of benzene rings is 1. The molecule has 1 saturated carbocycles. The van der Waals surface area contributed by atoms with Gasteiger partial charge in [0.1, 0.15) is 5.75 Å². The van der Waals surface area contributed by atoms with E-state index in [1.54, 1.807) is 42.5 Å². The highest BCUT2D eigenvalue weighted by Gasteiger charge is 2.72. The third-order valence-corrected chi connectivity index (χ3v) is 8.38. The third-order valence-electron chi connectivity index (χ3n) is 8.38. The Hall–Kier alpha value is -3.67. The van der Waals surface area contributed by atoms with E-state index in [1.165, 1.54) is 0 Å². The van der Waals surface area contributed by atoms with E-state index < -0.39 is 0 Å². The average Bonchev–Trinajstić information content (AvgIpc) is 3.06. The second-order valence-electron chi connectivity index (χ2n) is 10.4. The van der Waals surface area contributed by atoms with E-state index in [9.17, 15) is 9.90 Å². The molecule has 3 rings (SSSR count). The van der Waals surface area contributed by atoms with Crippen molar-refractivity contribution in [2.75, 3.05) is 27.2 Å². The Balaban J connectivity index is 0.00000161. The number of nitrogens with zero attached hydrogens (tertiary/aromatic N) is 2. The number of phenols is 1. The smallest absolute Gasteiger partial charge is 0.156 e. The van der Waals surface area contributed by atoms with Crippen LogP contribution in [0.4, 0.5) is 0 Å². The van der Waals surface area contributed by atoms with Crippen molar-refractivity contribution >= 4 is 11.9 Å². The van der Waals surface area contributed by atoms with E-state index in [0.29, 0.717) is 19.5 Å². The van der Waals surface area contributed by atoms with Gasteiger partial charge in [-0.15, -0.1) is 6.58 Å². The van der Waals surface area contributed by atoms with Crippen molar-refractivity contribution in [3.05, 3.63) is 98.7 Å². The molecule has 206 valence electrons. The minimum absolute atomic E-state index is 0.0649. The van der Waals surface area contributed by atoms with Gasteiger partial charge in [-0.3, -0.25) is 4.79 Å². The molecule has 4 atom stereocenters. The van der Waals surface area contributed by atoms with Crippen molar-refractivity contribution in [3.63, 3.8) is 0 Å². The highest BCUT2D eigenvalue weighted by atomic mass is 16.3. The van der Waals surface area contributed by atoms with Crippen molar-refractivity contribution in [1.29, 1.82) is 0 Å². The summed E-state index contributed by atoms with van der Waals surface area (Å²) in [6, 6.07) is 6.96. The third kappa shape index (κ3) is 5.45. The number of allylic oxidation sites excluding steroid dienone is 2. The Bertz CT molecular complexity index is 1030. The summed E-state index contributed by atoms with van der Waals surface area (Å²) < 4.78 is 0. The normalized spacial score (nSPS) is 28.0. The van der Waals surface area contributed by atoms with Crippen LogP contribution in [0, 0.1) is 16.7 Å². The topological polar surface area (TPSA) is 67.8 Å². The summed E-state index contributed by atoms with van der Waals surface area (Å²) in [5.74, 6) is 0.361. The molecule has 0 bridgehead atoms. The molecule has 0 radical (unpaired) electrons. The lowest BCUT2D eigenvalue weighted by atomic mass is 9.42. The molecule has 38 heavy (non-hydrogen) atoms. The molecule has 2 aliphatic rings. The van der Waals surface area contributed by atoms with Crippen LogP contribution in [0.25, 0.3) is 6.08 Å². The predicted molar refractivity (Wildman–Crippen MR) is 160 cm³/mol. The lowest BCUT2D eigenvalue weighted by Crippen LogP contribution is -2.79. The van der Waals surface area contributed by atoms with Crippen molar-refractivity contribution < 1.29 is 9.90 Å². The van der Waals surface area contributed by atoms with Crippen LogP contribution >= 0.6 is 0 Å². The highest BCUT2D eigenvalue weighted by molar-refractivity contribution is 5.93. The maximum atomic E-state index is 12.9. The van der Waals surface area contributed by atoms with Gasteiger partial charge in [-0.1, -0.05) is 64.4 Å². The minimum atomic E-state index is -0.334. The first kappa shape index (κ1) is 30.6. The molecule has 0 amide bonds. The SMILES string of the molecule is C=CC.C=CN1CC(CC(=O)/C=C/c2ccc(O)cc2)CN(C=C)C2C1C(C)(C(=C)NC)C2(C)C(=C)NC. The summed E-state index contributed by atoms with van der Waals surface area (Å²) in [5, 5.41) is 16.1. The summed E-state index contributed by atoms with van der Waals surface area (Å²) in [6.45, 7) is 28.2. The van der Waals surface area contributed by atoms with E-state index in [1.807, 2.05) is 33.4 Å². The molecule has 0 spiro atoms. The standard InChI is InChI=1S/C29H40N4O2.C3H6/c1-9-32-18-23(17-25(35)16-13-22-11-14-24(34)15-12-22)19-33(10-2)27-26(32)28(5,20(3)30-7)29(27,6)21(4)31-8;1-3-2/h9-16,23,26-27,30-31,34H,1-4,17-19H2,5-8H3;3H,1H2,2H3/b16-13+;. The van der Waals surface area contributed by atoms with Crippen molar-refractivity contribution in [2.24, 2.45) is 16.7 Å². The van der Waals surface area contributed by atoms with Crippen LogP contribution in [0.15, 0.2) is 93.1 Å². The molecule has 0 aromatic heterocycles. The van der Waals surface area contributed by atoms with Gasteiger partial charge in [0.25, 0.3) is 0 Å². The zero-order valence-corrected chi connectivity index (χ0v) is 23.8. The molecule has 4 unspecified atom stereocenters. The number of hydrogen-bond donors (Lipinski definition) is 3. The summed E-state index contributed by atoms with van der Waals surface area (Å²) >= 11 is 0. The van der Waals surface area contributed by atoms with Crippen LogP contribution in [-0.4, -0.2) is 60.0 Å². The zero-order chi connectivity index (χ0) is 28.7. The largest absolute Gasteiger partial charge is 0.508 e. The summed E-state index contributed by atoms with van der Waals surface area (Å²) in [5.41, 5.74) is 2.09. The van der Waals surface area contributed by atoms with Gasteiger partial charge in [0.15, 0.2) is 5.78 Å². The maximum Gasteiger partial charge on any atom is 0.156 e. The average molecular weight is 519 g/mol. The molecule has 1 aliphatic carbocycles. The Morgan fingerprint density at radius 2 is 1.39 bits per heavy atom. The van der Waals surface area contributed by atoms with Gasteiger partial charge in [0.05, 0.1) is 12.1 Å². The Morgan fingerprint density at radius 1 is 0.974 bits per heavy atom. The van der Waals surface area contributed by atoms with Gasteiger partial charge in [-0.05, 0) is 43.1 Å². The molecule has 6 nitrogen and oxygen atoms in total. The number of carbonyl (C=O) groups excluding carboxylic acids is 1. The Kier molecular flexibility index (Phi) is 10.2. The number of rotatable bonds is 10. The minimum Gasteiger partial charge on any atom is -0.508 e. The second-order valence-corrected chi connectivity index (χ2v) is 10.4. The maximum absolute atomic E-state index is 12.9. The molecule has 1 aliphatic heterocycles. The first-order valence-electron chi connectivity index (χ1n) is 13.1. The quantitative estimate of drug-likeness (QED) is 0.288. The van der Waals surface area contributed by atoms with E-state index in [2.05, 4.69) is 67.2 Å². The van der Waals surface area contributed by atoms with Crippen LogP contribution < -0.4 is 10.6 Å². The van der Waals surface area contributed by atoms with E-state index >= 15 is 0 Å². The van der Waals surface area contributed by atoms with E-state index in [-0.39, 0.29) is 40.4 Å². The van der Waals surface area contributed by atoms with Gasteiger partial charge in [0.2, 0.25) is 0 Å². The van der Waals surface area contributed by atoms with E-state index in [0.717, 1.165) is 17.0 Å². The number of aromatic hydroxyl groups is 1.